The lowest BCUT2D eigenvalue weighted by Crippen LogP contribution is -2.06. The predicted octanol–water partition coefficient (Wildman–Crippen LogP) is 2.67. The second kappa shape index (κ2) is 5.99. The first-order valence-electron chi connectivity index (χ1n) is 6.96. The SMILES string of the molecule is COc1cc(C(C)C)c(Cc2cnc(N)nc2N)cc1C. The van der Waals surface area contributed by atoms with Gasteiger partial charge in [0.1, 0.15) is 11.6 Å². The van der Waals surface area contributed by atoms with E-state index in [-0.39, 0.29) is 5.95 Å². The Bertz CT molecular complexity index is 653. The van der Waals surface area contributed by atoms with Gasteiger partial charge in [0.2, 0.25) is 5.95 Å². The van der Waals surface area contributed by atoms with Crippen molar-refractivity contribution < 1.29 is 4.74 Å². The quantitative estimate of drug-likeness (QED) is 0.902. The summed E-state index contributed by atoms with van der Waals surface area (Å²) in [6.45, 7) is 6.36. The van der Waals surface area contributed by atoms with Gasteiger partial charge in [0.15, 0.2) is 0 Å². The molecule has 0 radical (unpaired) electrons. The molecule has 0 bridgehead atoms. The van der Waals surface area contributed by atoms with Crippen LogP contribution in [-0.4, -0.2) is 17.1 Å². The molecule has 5 heteroatoms. The number of ether oxygens (including phenoxy) is 1. The molecule has 0 atom stereocenters. The number of hydrogen-bond donors (Lipinski definition) is 2. The summed E-state index contributed by atoms with van der Waals surface area (Å²) in [7, 11) is 1.69. The molecule has 0 aliphatic heterocycles. The Kier molecular flexibility index (Phi) is 4.31. The van der Waals surface area contributed by atoms with Gasteiger partial charge in [-0.05, 0) is 35.6 Å². The van der Waals surface area contributed by atoms with Crippen LogP contribution in [0.1, 0.15) is 42.0 Å². The highest BCUT2D eigenvalue weighted by Gasteiger charge is 2.13. The van der Waals surface area contributed by atoms with E-state index in [9.17, 15) is 0 Å². The fraction of sp³-hybridized carbons (Fsp3) is 0.375. The number of hydrogen-bond acceptors (Lipinski definition) is 5. The Morgan fingerprint density at radius 1 is 1.19 bits per heavy atom. The zero-order valence-electron chi connectivity index (χ0n) is 13.0. The largest absolute Gasteiger partial charge is 0.496 e. The van der Waals surface area contributed by atoms with E-state index in [4.69, 9.17) is 16.2 Å². The normalized spacial score (nSPS) is 10.9. The molecule has 4 N–H and O–H groups in total. The third kappa shape index (κ3) is 3.24. The van der Waals surface area contributed by atoms with Crippen LogP contribution in [0.3, 0.4) is 0 Å². The standard InChI is InChI=1S/C16H22N4O/c1-9(2)13-7-14(21-4)10(3)5-11(13)6-12-8-19-16(18)20-15(12)17/h5,7-9H,6H2,1-4H3,(H4,17,18,19,20). The summed E-state index contributed by atoms with van der Waals surface area (Å²) in [5, 5.41) is 0. The maximum Gasteiger partial charge on any atom is 0.221 e. The summed E-state index contributed by atoms with van der Waals surface area (Å²) in [6, 6.07) is 4.24. The lowest BCUT2D eigenvalue weighted by atomic mass is 9.91. The zero-order valence-corrected chi connectivity index (χ0v) is 13.0. The van der Waals surface area contributed by atoms with Crippen molar-refractivity contribution in [1.82, 2.24) is 9.97 Å². The highest BCUT2D eigenvalue weighted by Crippen LogP contribution is 2.30. The Hall–Kier alpha value is -2.30. The van der Waals surface area contributed by atoms with Crippen molar-refractivity contribution in [2.45, 2.75) is 33.1 Å². The van der Waals surface area contributed by atoms with E-state index in [1.807, 2.05) is 6.92 Å². The first-order chi connectivity index (χ1) is 9.92. The van der Waals surface area contributed by atoms with Crippen molar-refractivity contribution in [2.24, 2.45) is 0 Å². The van der Waals surface area contributed by atoms with Crippen LogP contribution < -0.4 is 16.2 Å². The maximum atomic E-state index is 5.93. The minimum atomic E-state index is 0.200. The number of methoxy groups -OCH3 is 1. The lowest BCUT2D eigenvalue weighted by molar-refractivity contribution is 0.410. The number of nitrogens with zero attached hydrogens (tertiary/aromatic N) is 2. The number of nitrogens with two attached hydrogens (primary N) is 2. The average molecular weight is 286 g/mol. The van der Waals surface area contributed by atoms with Gasteiger partial charge in [0.05, 0.1) is 7.11 Å². The number of aromatic nitrogens is 2. The van der Waals surface area contributed by atoms with Crippen LogP contribution >= 0.6 is 0 Å². The van der Waals surface area contributed by atoms with E-state index in [2.05, 4.69) is 35.9 Å². The molecule has 0 unspecified atom stereocenters. The zero-order chi connectivity index (χ0) is 15.6. The van der Waals surface area contributed by atoms with Gasteiger partial charge in [-0.3, -0.25) is 0 Å². The van der Waals surface area contributed by atoms with Crippen LogP contribution in [0.4, 0.5) is 11.8 Å². The first-order valence-corrected chi connectivity index (χ1v) is 6.96. The number of benzene rings is 1. The molecule has 1 aromatic carbocycles. The molecule has 5 nitrogen and oxygen atoms in total. The Morgan fingerprint density at radius 2 is 1.90 bits per heavy atom. The topological polar surface area (TPSA) is 87.0 Å². The third-order valence-corrected chi connectivity index (χ3v) is 3.58. The van der Waals surface area contributed by atoms with Gasteiger partial charge < -0.3 is 16.2 Å². The monoisotopic (exact) mass is 286 g/mol. The molecule has 0 saturated carbocycles. The number of aryl methyl sites for hydroxylation is 1. The van der Waals surface area contributed by atoms with Crippen molar-refractivity contribution in [3.05, 3.63) is 40.6 Å². The molecule has 2 aromatic rings. The van der Waals surface area contributed by atoms with Gasteiger partial charge in [0.25, 0.3) is 0 Å². The minimum absolute atomic E-state index is 0.200. The van der Waals surface area contributed by atoms with Crippen LogP contribution in [0, 0.1) is 6.92 Å². The molecule has 1 heterocycles. The molecule has 0 fully saturated rings. The van der Waals surface area contributed by atoms with Crippen LogP contribution in [0.25, 0.3) is 0 Å². The second-order valence-electron chi connectivity index (χ2n) is 5.49. The molecule has 2 rings (SSSR count). The number of rotatable bonds is 4. The van der Waals surface area contributed by atoms with Gasteiger partial charge in [0, 0.05) is 18.2 Å². The average Bonchev–Trinajstić information content (AvgIpc) is 2.41. The summed E-state index contributed by atoms with van der Waals surface area (Å²) in [5.41, 5.74) is 15.9. The predicted molar refractivity (Wildman–Crippen MR) is 85.5 cm³/mol. The van der Waals surface area contributed by atoms with E-state index < -0.39 is 0 Å². The highest BCUT2D eigenvalue weighted by molar-refractivity contribution is 5.49. The lowest BCUT2D eigenvalue weighted by Gasteiger charge is -2.17. The van der Waals surface area contributed by atoms with Crippen molar-refractivity contribution in [1.29, 1.82) is 0 Å². The highest BCUT2D eigenvalue weighted by atomic mass is 16.5. The van der Waals surface area contributed by atoms with E-state index in [1.54, 1.807) is 13.3 Å². The van der Waals surface area contributed by atoms with Gasteiger partial charge in [-0.1, -0.05) is 19.9 Å². The summed E-state index contributed by atoms with van der Waals surface area (Å²) in [6.07, 6.45) is 2.38. The van der Waals surface area contributed by atoms with Crippen LogP contribution in [0.15, 0.2) is 18.3 Å². The summed E-state index contributed by atoms with van der Waals surface area (Å²) >= 11 is 0. The second-order valence-corrected chi connectivity index (χ2v) is 5.49. The fourth-order valence-corrected chi connectivity index (χ4v) is 2.45. The first kappa shape index (κ1) is 15.1. The molecular weight excluding hydrogens is 264 g/mol. The fourth-order valence-electron chi connectivity index (χ4n) is 2.45. The van der Waals surface area contributed by atoms with Crippen LogP contribution in [0.5, 0.6) is 5.75 Å². The number of nitrogen functional groups attached to an aromatic ring is 2. The van der Waals surface area contributed by atoms with E-state index in [1.165, 1.54) is 11.1 Å². The van der Waals surface area contributed by atoms with Gasteiger partial charge >= 0.3 is 0 Å². The molecule has 0 saturated heterocycles. The van der Waals surface area contributed by atoms with E-state index in [0.29, 0.717) is 18.2 Å². The van der Waals surface area contributed by atoms with Gasteiger partial charge in [-0.15, -0.1) is 0 Å². The Morgan fingerprint density at radius 3 is 2.48 bits per heavy atom. The molecule has 0 amide bonds. The van der Waals surface area contributed by atoms with Crippen molar-refractivity contribution >= 4 is 11.8 Å². The molecule has 112 valence electrons. The van der Waals surface area contributed by atoms with E-state index >= 15 is 0 Å². The molecule has 21 heavy (non-hydrogen) atoms. The molecule has 1 aromatic heterocycles. The van der Waals surface area contributed by atoms with Gasteiger partial charge in [-0.2, -0.15) is 4.98 Å². The summed E-state index contributed by atoms with van der Waals surface area (Å²) < 4.78 is 5.41. The van der Waals surface area contributed by atoms with E-state index in [0.717, 1.165) is 16.9 Å². The van der Waals surface area contributed by atoms with Crippen molar-refractivity contribution in [3.8, 4) is 5.75 Å². The Balaban J connectivity index is 2.45. The minimum Gasteiger partial charge on any atom is -0.496 e. The maximum absolute atomic E-state index is 5.93. The van der Waals surface area contributed by atoms with Crippen LogP contribution in [-0.2, 0) is 6.42 Å². The smallest absolute Gasteiger partial charge is 0.221 e. The third-order valence-electron chi connectivity index (χ3n) is 3.58. The van der Waals surface area contributed by atoms with Crippen molar-refractivity contribution in [3.63, 3.8) is 0 Å². The summed E-state index contributed by atoms with van der Waals surface area (Å²) in [4.78, 5) is 8.05. The van der Waals surface area contributed by atoms with Crippen molar-refractivity contribution in [2.75, 3.05) is 18.6 Å². The molecule has 0 aliphatic rings. The molecule has 0 spiro atoms. The number of anilines is 2. The molecule has 0 aliphatic carbocycles. The Labute approximate surface area is 125 Å². The summed E-state index contributed by atoms with van der Waals surface area (Å²) in [5.74, 6) is 1.94. The molecular formula is C16H22N4O. The van der Waals surface area contributed by atoms with Crippen LogP contribution in [0.2, 0.25) is 0 Å². The van der Waals surface area contributed by atoms with Gasteiger partial charge in [-0.25, -0.2) is 4.98 Å².